The molecule has 1 aromatic heterocycles. The first-order chi connectivity index (χ1) is 9.52. The Hall–Kier alpha value is -2.02. The van der Waals surface area contributed by atoms with Gasteiger partial charge in [0.2, 0.25) is 5.91 Å². The van der Waals surface area contributed by atoms with E-state index in [1.54, 1.807) is 25.1 Å². The van der Waals surface area contributed by atoms with Crippen LogP contribution in [0.15, 0.2) is 34.9 Å². The summed E-state index contributed by atoms with van der Waals surface area (Å²) in [5, 5.41) is 6.10. The first kappa shape index (κ1) is 14.4. The molecule has 1 amide bonds. The Bertz CT molecular complexity index is 625. The molecule has 2 rings (SSSR count). The van der Waals surface area contributed by atoms with Gasteiger partial charge in [-0.1, -0.05) is 17.3 Å². The van der Waals surface area contributed by atoms with E-state index in [1.807, 2.05) is 0 Å². The second-order valence-corrected chi connectivity index (χ2v) is 5.68. The molecule has 1 unspecified atom stereocenters. The third-order valence-corrected chi connectivity index (χ3v) is 3.67. The van der Waals surface area contributed by atoms with E-state index in [4.69, 9.17) is 4.52 Å². The van der Waals surface area contributed by atoms with E-state index in [0.29, 0.717) is 11.6 Å². The van der Waals surface area contributed by atoms with Gasteiger partial charge in [-0.3, -0.25) is 9.00 Å². The molecule has 0 radical (unpaired) electrons. The summed E-state index contributed by atoms with van der Waals surface area (Å²) < 4.78 is 29.3. The van der Waals surface area contributed by atoms with Gasteiger partial charge >= 0.3 is 0 Å². The smallest absolute Gasteiger partial charge is 0.238 e. The number of nitrogens with one attached hydrogen (secondary N) is 1. The van der Waals surface area contributed by atoms with Crippen LogP contribution >= 0.6 is 0 Å². The van der Waals surface area contributed by atoms with Crippen LogP contribution in [-0.2, 0) is 21.3 Å². The first-order valence-corrected chi connectivity index (χ1v) is 7.34. The lowest BCUT2D eigenvalue weighted by Crippen LogP contribution is -2.20. The molecule has 1 atom stereocenters. The number of aryl methyl sites for hydroxylation is 1. The zero-order chi connectivity index (χ0) is 14.5. The molecule has 0 aliphatic carbocycles. The molecule has 1 aromatic carbocycles. The molecule has 0 aliphatic rings. The van der Waals surface area contributed by atoms with Crippen LogP contribution in [0.3, 0.4) is 0 Å². The van der Waals surface area contributed by atoms with E-state index in [9.17, 15) is 13.4 Å². The second kappa shape index (κ2) is 6.42. The molecule has 0 aliphatic heterocycles. The minimum Gasteiger partial charge on any atom is -0.360 e. The highest BCUT2D eigenvalue weighted by atomic mass is 32.2. The normalized spacial score (nSPS) is 12.1. The number of carbonyl (C=O) groups excluding carboxylic acids is 1. The number of aromatic nitrogens is 1. The van der Waals surface area contributed by atoms with Crippen LogP contribution in [-0.4, -0.2) is 21.0 Å². The summed E-state index contributed by atoms with van der Waals surface area (Å²) in [4.78, 5) is 11.6. The lowest BCUT2D eigenvalue weighted by molar-refractivity contribution is -0.113. The fourth-order valence-electron chi connectivity index (χ4n) is 1.57. The Kier molecular flexibility index (Phi) is 4.62. The number of amides is 1. The average Bonchev–Trinajstić information content (AvgIpc) is 2.77. The highest BCUT2D eigenvalue weighted by Gasteiger charge is 2.11. The van der Waals surface area contributed by atoms with E-state index < -0.39 is 16.7 Å². The van der Waals surface area contributed by atoms with Crippen molar-refractivity contribution in [1.82, 2.24) is 5.16 Å². The van der Waals surface area contributed by atoms with E-state index in [1.165, 1.54) is 12.1 Å². The maximum atomic E-state index is 12.7. The summed E-state index contributed by atoms with van der Waals surface area (Å²) in [7, 11) is -1.37. The van der Waals surface area contributed by atoms with Gasteiger partial charge in [-0.2, -0.15) is 0 Å². The van der Waals surface area contributed by atoms with Crippen molar-refractivity contribution in [2.45, 2.75) is 12.7 Å². The van der Waals surface area contributed by atoms with Gasteiger partial charge < -0.3 is 9.84 Å². The molecular weight excluding hydrogens is 283 g/mol. The van der Waals surface area contributed by atoms with E-state index in [2.05, 4.69) is 10.5 Å². The van der Waals surface area contributed by atoms with Crippen molar-refractivity contribution in [3.63, 3.8) is 0 Å². The van der Waals surface area contributed by atoms with Crippen LogP contribution in [0.25, 0.3) is 0 Å². The fraction of sp³-hybridized carbons (Fsp3) is 0.231. The Labute approximate surface area is 117 Å². The number of halogens is 1. The molecule has 1 N–H and O–H groups in total. The number of rotatable bonds is 5. The maximum Gasteiger partial charge on any atom is 0.238 e. The molecule has 2 aromatic rings. The molecule has 1 heterocycles. The van der Waals surface area contributed by atoms with Crippen molar-refractivity contribution >= 4 is 22.5 Å². The van der Waals surface area contributed by atoms with Gasteiger partial charge in [-0.25, -0.2) is 4.39 Å². The van der Waals surface area contributed by atoms with E-state index in [-0.39, 0.29) is 17.3 Å². The molecule has 7 heteroatoms. The van der Waals surface area contributed by atoms with E-state index >= 15 is 0 Å². The predicted molar refractivity (Wildman–Crippen MR) is 73.0 cm³/mol. The van der Waals surface area contributed by atoms with Crippen LogP contribution in [0, 0.1) is 12.7 Å². The quantitative estimate of drug-likeness (QED) is 0.916. The van der Waals surface area contributed by atoms with Gasteiger partial charge in [0.15, 0.2) is 5.82 Å². The Balaban J connectivity index is 1.84. The van der Waals surface area contributed by atoms with Gasteiger partial charge in [0, 0.05) is 22.6 Å². The van der Waals surface area contributed by atoms with Crippen LogP contribution in [0.4, 0.5) is 10.2 Å². The summed E-state index contributed by atoms with van der Waals surface area (Å²) in [5.41, 5.74) is 0.717. The Morgan fingerprint density at radius 1 is 1.40 bits per heavy atom. The highest BCUT2D eigenvalue weighted by Crippen LogP contribution is 2.08. The Morgan fingerprint density at radius 3 is 2.70 bits per heavy atom. The number of benzene rings is 1. The third kappa shape index (κ3) is 4.27. The molecule has 20 heavy (non-hydrogen) atoms. The third-order valence-electron chi connectivity index (χ3n) is 2.43. The number of anilines is 1. The highest BCUT2D eigenvalue weighted by molar-refractivity contribution is 7.84. The number of hydrogen-bond acceptors (Lipinski definition) is 4. The number of hydrogen-bond donors (Lipinski definition) is 1. The van der Waals surface area contributed by atoms with Crippen LogP contribution in [0.5, 0.6) is 0 Å². The molecule has 5 nitrogen and oxygen atoms in total. The van der Waals surface area contributed by atoms with Crippen LogP contribution in [0.1, 0.15) is 11.3 Å². The fourth-order valence-corrected chi connectivity index (χ4v) is 2.60. The molecule has 0 saturated heterocycles. The zero-order valence-electron chi connectivity index (χ0n) is 10.8. The predicted octanol–water partition coefficient (Wildman–Crippen LogP) is 2.01. The van der Waals surface area contributed by atoms with Crippen LogP contribution in [0.2, 0.25) is 0 Å². The Morgan fingerprint density at radius 2 is 2.10 bits per heavy atom. The summed E-state index contributed by atoms with van der Waals surface area (Å²) in [6.07, 6.45) is 0. The summed E-state index contributed by atoms with van der Waals surface area (Å²) >= 11 is 0. The molecule has 0 saturated carbocycles. The zero-order valence-corrected chi connectivity index (χ0v) is 11.6. The molecule has 0 spiro atoms. The minimum atomic E-state index is -1.37. The van der Waals surface area contributed by atoms with Crippen molar-refractivity contribution in [2.24, 2.45) is 0 Å². The first-order valence-electron chi connectivity index (χ1n) is 5.85. The van der Waals surface area contributed by atoms with Crippen molar-refractivity contribution in [1.29, 1.82) is 0 Å². The average molecular weight is 296 g/mol. The standard InChI is InChI=1S/C13H13FN2O3S/c1-9-6-12(16-19-9)15-13(17)8-20(18)7-10-2-4-11(14)5-3-10/h2-6H,7-8H2,1H3,(H,15,16,17). The number of nitrogens with zero attached hydrogens (tertiary/aromatic N) is 1. The largest absolute Gasteiger partial charge is 0.360 e. The lowest BCUT2D eigenvalue weighted by atomic mass is 10.2. The minimum absolute atomic E-state index is 0.150. The molecule has 106 valence electrons. The topological polar surface area (TPSA) is 72.2 Å². The van der Waals surface area contributed by atoms with Gasteiger partial charge in [0.05, 0.1) is 0 Å². The van der Waals surface area contributed by atoms with Crippen molar-refractivity contribution < 1.29 is 17.9 Å². The van der Waals surface area contributed by atoms with Gasteiger partial charge in [-0.15, -0.1) is 0 Å². The summed E-state index contributed by atoms with van der Waals surface area (Å²) in [6, 6.07) is 7.26. The SMILES string of the molecule is Cc1cc(NC(=O)CS(=O)Cc2ccc(F)cc2)no1. The summed E-state index contributed by atoms with van der Waals surface area (Å²) in [6.45, 7) is 1.70. The monoisotopic (exact) mass is 296 g/mol. The molecule has 0 fully saturated rings. The van der Waals surface area contributed by atoms with Gasteiger partial charge in [0.25, 0.3) is 0 Å². The van der Waals surface area contributed by atoms with Crippen molar-refractivity contribution in [3.05, 3.63) is 47.5 Å². The molecule has 0 bridgehead atoms. The second-order valence-electron chi connectivity index (χ2n) is 4.23. The van der Waals surface area contributed by atoms with Crippen molar-refractivity contribution in [2.75, 3.05) is 11.1 Å². The number of carbonyl (C=O) groups is 1. The summed E-state index contributed by atoms with van der Waals surface area (Å²) in [5.74, 6) is 0.172. The maximum absolute atomic E-state index is 12.7. The van der Waals surface area contributed by atoms with Crippen molar-refractivity contribution in [3.8, 4) is 0 Å². The van der Waals surface area contributed by atoms with Crippen LogP contribution < -0.4 is 5.32 Å². The molecular formula is C13H13FN2O3S. The van der Waals surface area contributed by atoms with E-state index in [0.717, 1.165) is 5.56 Å². The van der Waals surface area contributed by atoms with Gasteiger partial charge in [-0.05, 0) is 24.6 Å². The van der Waals surface area contributed by atoms with Gasteiger partial charge in [0.1, 0.15) is 17.3 Å². The lowest BCUT2D eigenvalue weighted by Gasteiger charge is -2.03.